The zero-order valence-corrected chi connectivity index (χ0v) is 26.3. The molecule has 0 N–H and O–H groups in total. The maximum atomic E-state index is 14.9. The van der Waals surface area contributed by atoms with Gasteiger partial charge in [0.15, 0.2) is 11.3 Å². The minimum Gasteiger partial charge on any atom is -0.462 e. The van der Waals surface area contributed by atoms with Crippen molar-refractivity contribution in [1.82, 2.24) is 29.3 Å². The highest BCUT2D eigenvalue weighted by molar-refractivity contribution is 6.36. The molecule has 14 heteroatoms. The number of alkyl halides is 3. The molecule has 3 atom stereocenters. The Hall–Kier alpha value is -4.23. The van der Waals surface area contributed by atoms with Crippen LogP contribution in [0.4, 0.5) is 19.0 Å². The van der Waals surface area contributed by atoms with Gasteiger partial charge in [-0.25, -0.2) is 4.98 Å². The number of piperazine rings is 1. The Morgan fingerprint density at radius 3 is 2.41 bits per heavy atom. The highest BCUT2D eigenvalue weighted by Crippen LogP contribution is 2.36. The molecule has 0 spiro atoms. The number of likely N-dealkylation sites (tertiary alicyclic amines) is 1. The van der Waals surface area contributed by atoms with Crippen LogP contribution in [0.15, 0.2) is 53.8 Å². The molecule has 46 heavy (non-hydrogen) atoms. The second kappa shape index (κ2) is 12.2. The summed E-state index contributed by atoms with van der Waals surface area (Å²) in [6.07, 6.45) is -1.92. The molecular formula is C32H33ClF3N7O3. The minimum atomic E-state index is -5.04. The number of carbonyl (C=O) groups is 1. The zero-order chi connectivity index (χ0) is 32.9. The number of hydrogen-bond acceptors (Lipinski definition) is 8. The number of hydrogen-bond donors (Lipinski definition) is 0. The topological polar surface area (TPSA) is 96.7 Å². The predicted octanol–water partition coefficient (Wildman–Crippen LogP) is 5.09. The highest BCUT2D eigenvalue weighted by Gasteiger charge is 2.41. The van der Waals surface area contributed by atoms with Crippen molar-refractivity contribution in [1.29, 1.82) is 0 Å². The Morgan fingerprint density at radius 2 is 1.78 bits per heavy atom. The third-order valence-corrected chi connectivity index (χ3v) is 9.05. The number of amides is 1. The van der Waals surface area contributed by atoms with Crippen LogP contribution >= 0.6 is 11.6 Å². The molecule has 6 rings (SSSR count). The molecule has 0 radical (unpaired) electrons. The van der Waals surface area contributed by atoms with E-state index >= 15 is 0 Å². The predicted molar refractivity (Wildman–Crippen MR) is 170 cm³/mol. The van der Waals surface area contributed by atoms with Gasteiger partial charge in [-0.1, -0.05) is 42.4 Å². The molecule has 0 aliphatic carbocycles. The van der Waals surface area contributed by atoms with Gasteiger partial charge in [0.1, 0.15) is 12.1 Å². The Labute approximate surface area is 268 Å². The molecule has 2 aliphatic heterocycles. The van der Waals surface area contributed by atoms with Crippen molar-refractivity contribution in [3.05, 3.63) is 70.3 Å². The van der Waals surface area contributed by atoms with E-state index in [0.717, 1.165) is 19.4 Å². The first-order valence-corrected chi connectivity index (χ1v) is 15.4. The van der Waals surface area contributed by atoms with Crippen molar-refractivity contribution in [2.24, 2.45) is 0 Å². The normalized spacial score (nSPS) is 20.9. The number of benzene rings is 2. The van der Waals surface area contributed by atoms with E-state index in [0.29, 0.717) is 9.95 Å². The number of nitrogens with zero attached hydrogens (tertiary/aromatic N) is 7. The average molecular weight is 656 g/mol. The lowest BCUT2D eigenvalue weighted by Crippen LogP contribution is -2.58. The van der Waals surface area contributed by atoms with E-state index in [4.69, 9.17) is 16.3 Å². The van der Waals surface area contributed by atoms with Crippen molar-refractivity contribution in [3.8, 4) is 11.7 Å². The summed E-state index contributed by atoms with van der Waals surface area (Å²) < 4.78 is 51.2. The number of rotatable bonds is 6. The monoisotopic (exact) mass is 655 g/mol. The lowest BCUT2D eigenvalue weighted by molar-refractivity contribution is -0.146. The van der Waals surface area contributed by atoms with Gasteiger partial charge in [-0.3, -0.25) is 14.2 Å². The number of fused-ring (bicyclic) bond motifs is 2. The molecule has 2 saturated heterocycles. The van der Waals surface area contributed by atoms with E-state index in [-0.39, 0.29) is 70.6 Å². The number of likely N-dealkylation sites (N-methyl/N-ethyl adjacent to an activating group) is 1. The van der Waals surface area contributed by atoms with E-state index < -0.39 is 29.6 Å². The Balaban J connectivity index is 1.60. The Morgan fingerprint density at radius 1 is 1.09 bits per heavy atom. The number of carbonyl (C=O) groups excluding carboxylic acids is 1. The van der Waals surface area contributed by atoms with Crippen LogP contribution in [0.2, 0.25) is 5.02 Å². The summed E-state index contributed by atoms with van der Waals surface area (Å²) in [6, 6.07) is 8.70. The second-order valence-electron chi connectivity index (χ2n) is 11.9. The van der Waals surface area contributed by atoms with Crippen LogP contribution in [0.25, 0.3) is 27.5 Å². The molecule has 4 heterocycles. The van der Waals surface area contributed by atoms with Gasteiger partial charge in [0.2, 0.25) is 11.7 Å². The van der Waals surface area contributed by atoms with Crippen molar-refractivity contribution in [2.45, 2.75) is 51.0 Å². The number of aromatic nitrogens is 4. The molecule has 0 saturated carbocycles. The van der Waals surface area contributed by atoms with Crippen molar-refractivity contribution in [2.75, 3.05) is 38.2 Å². The number of ether oxygens (including phenoxy) is 1. The van der Waals surface area contributed by atoms with Crippen molar-refractivity contribution < 1.29 is 22.7 Å². The van der Waals surface area contributed by atoms with E-state index in [1.807, 2.05) is 20.9 Å². The van der Waals surface area contributed by atoms with Crippen LogP contribution in [0.3, 0.4) is 0 Å². The van der Waals surface area contributed by atoms with E-state index in [2.05, 4.69) is 26.4 Å². The summed E-state index contributed by atoms with van der Waals surface area (Å²) in [5, 5.41) is 0.990. The molecule has 2 aromatic heterocycles. The third-order valence-electron chi connectivity index (χ3n) is 8.73. The lowest BCUT2D eigenvalue weighted by atomic mass is 10.1. The van der Waals surface area contributed by atoms with Crippen LogP contribution in [0, 0.1) is 0 Å². The summed E-state index contributed by atoms with van der Waals surface area (Å²) in [5.74, 6) is -1.68. The molecule has 10 nitrogen and oxygen atoms in total. The van der Waals surface area contributed by atoms with Crippen molar-refractivity contribution in [3.63, 3.8) is 0 Å². The first-order valence-electron chi connectivity index (χ1n) is 15.0. The quantitative estimate of drug-likeness (QED) is 0.265. The molecular weight excluding hydrogens is 623 g/mol. The molecule has 4 aromatic rings. The molecule has 1 unspecified atom stereocenters. The molecule has 2 aliphatic rings. The van der Waals surface area contributed by atoms with E-state index in [1.165, 1.54) is 12.1 Å². The van der Waals surface area contributed by atoms with Crippen LogP contribution in [0.5, 0.6) is 6.01 Å². The molecule has 0 bridgehead atoms. The first kappa shape index (κ1) is 31.7. The SMILES string of the molecule is C=CC(=O)N1C[C@H](C)N(c2nc(OCC3CCCN3C)nc3c(=O)n(-c4cccc5cccc(Cl)c45)c(C(F)(F)F)nc23)[C@@H](C)C1. The van der Waals surface area contributed by atoms with Gasteiger partial charge in [0.05, 0.1) is 10.7 Å². The summed E-state index contributed by atoms with van der Waals surface area (Å²) in [6.45, 7) is 8.86. The lowest BCUT2D eigenvalue weighted by Gasteiger charge is -2.45. The van der Waals surface area contributed by atoms with Gasteiger partial charge in [0.25, 0.3) is 5.56 Å². The Kier molecular flexibility index (Phi) is 8.40. The average Bonchev–Trinajstić information content (AvgIpc) is 3.43. The minimum absolute atomic E-state index is 0.0242. The first-order chi connectivity index (χ1) is 21.9. The fraction of sp³-hybridized carbons (Fsp3) is 0.406. The second-order valence-corrected chi connectivity index (χ2v) is 12.3. The van der Waals surface area contributed by atoms with Crippen LogP contribution in [-0.4, -0.2) is 86.6 Å². The number of halogens is 4. The standard InChI is InChI=1S/C32H33ClF3N7O3/c1-5-24(44)41-15-18(2)42(19(3)16-41)28-26-27(38-31(39-28)46-17-21-11-8-14-40(21)4)29(45)43(30(37-26)32(34,35)36)23-13-7-10-20-9-6-12-22(33)25(20)23/h5-7,9-10,12-13,18-19,21H,1,8,11,14-17H2,2-4H3/t18-,19-,21?/m0/s1. The van der Waals surface area contributed by atoms with Crippen LogP contribution in [0.1, 0.15) is 32.5 Å². The van der Waals surface area contributed by atoms with E-state index in [1.54, 1.807) is 40.1 Å². The number of anilines is 1. The fourth-order valence-corrected chi connectivity index (χ4v) is 6.84. The van der Waals surface area contributed by atoms with Gasteiger partial charge in [-0.2, -0.15) is 23.1 Å². The maximum absolute atomic E-state index is 14.9. The molecule has 1 amide bonds. The molecule has 2 fully saturated rings. The van der Waals surface area contributed by atoms with Gasteiger partial charge < -0.3 is 19.4 Å². The molecule has 242 valence electrons. The van der Waals surface area contributed by atoms with E-state index in [9.17, 15) is 22.8 Å². The Bertz CT molecular complexity index is 1880. The molecule has 2 aromatic carbocycles. The summed E-state index contributed by atoms with van der Waals surface area (Å²) >= 11 is 6.49. The summed E-state index contributed by atoms with van der Waals surface area (Å²) in [5.41, 5.74) is -1.77. The van der Waals surface area contributed by atoms with Crippen LogP contribution in [-0.2, 0) is 11.0 Å². The van der Waals surface area contributed by atoms with Gasteiger partial charge in [0, 0.05) is 36.6 Å². The van der Waals surface area contributed by atoms with Gasteiger partial charge in [-0.15, -0.1) is 0 Å². The largest absolute Gasteiger partial charge is 0.462 e. The zero-order valence-electron chi connectivity index (χ0n) is 25.6. The van der Waals surface area contributed by atoms with Gasteiger partial charge in [-0.05, 0) is 63.9 Å². The third kappa shape index (κ3) is 5.66. The summed E-state index contributed by atoms with van der Waals surface area (Å²) in [7, 11) is 1.98. The van der Waals surface area contributed by atoms with Gasteiger partial charge >= 0.3 is 12.2 Å². The van der Waals surface area contributed by atoms with Crippen LogP contribution < -0.4 is 15.2 Å². The smallest absolute Gasteiger partial charge is 0.450 e. The highest BCUT2D eigenvalue weighted by atomic mass is 35.5. The summed E-state index contributed by atoms with van der Waals surface area (Å²) in [4.78, 5) is 45.4. The fourth-order valence-electron chi connectivity index (χ4n) is 6.56. The maximum Gasteiger partial charge on any atom is 0.450 e. The van der Waals surface area contributed by atoms with Crippen molar-refractivity contribution >= 4 is 45.1 Å².